The van der Waals surface area contributed by atoms with E-state index < -0.39 is 14.4 Å². The van der Waals surface area contributed by atoms with Crippen LogP contribution in [0.2, 0.25) is 18.1 Å². The first-order valence-corrected chi connectivity index (χ1v) is 10.6. The monoisotopic (exact) mass is 314 g/mol. The van der Waals surface area contributed by atoms with Crippen molar-refractivity contribution in [1.82, 2.24) is 5.32 Å². The van der Waals surface area contributed by atoms with Gasteiger partial charge in [0.25, 0.3) is 0 Å². The minimum absolute atomic E-state index is 0.0987. The molecule has 5 heteroatoms. The summed E-state index contributed by atoms with van der Waals surface area (Å²) in [5.74, 6) is -0.131. The van der Waals surface area contributed by atoms with Crippen LogP contribution in [0, 0.1) is 5.92 Å². The topological polar surface area (TPSA) is 64.3 Å². The minimum atomic E-state index is -1.97. The molecule has 124 valence electrons. The average Bonchev–Trinajstić information content (AvgIpc) is 2.33. The molecule has 0 aromatic rings. The second kappa shape index (κ2) is 8.10. The maximum Gasteiger partial charge on any atom is 0.237 e. The Morgan fingerprint density at radius 1 is 1.38 bits per heavy atom. The van der Waals surface area contributed by atoms with E-state index >= 15 is 0 Å². The number of nitrogens with one attached hydrogen (secondary N) is 1. The predicted octanol–water partition coefficient (Wildman–Crippen LogP) is 3.05. The number of rotatable bonds is 8. The lowest BCUT2D eigenvalue weighted by Gasteiger charge is -2.42. The van der Waals surface area contributed by atoms with E-state index in [1.165, 1.54) is 0 Å². The molecule has 0 rings (SSSR count). The first-order valence-electron chi connectivity index (χ1n) is 7.73. The van der Waals surface area contributed by atoms with Crippen molar-refractivity contribution in [2.24, 2.45) is 11.7 Å². The Morgan fingerprint density at radius 2 is 1.90 bits per heavy atom. The van der Waals surface area contributed by atoms with Crippen LogP contribution in [-0.2, 0) is 9.22 Å². The molecule has 0 aromatic carbocycles. The van der Waals surface area contributed by atoms with Crippen molar-refractivity contribution in [1.29, 1.82) is 0 Å². The van der Waals surface area contributed by atoms with Gasteiger partial charge in [0.05, 0.1) is 6.10 Å². The lowest BCUT2D eigenvalue weighted by molar-refractivity contribution is -0.123. The highest BCUT2D eigenvalue weighted by Crippen LogP contribution is 2.38. The summed E-state index contributed by atoms with van der Waals surface area (Å²) < 4.78 is 6.52. The number of amides is 1. The van der Waals surface area contributed by atoms with Crippen LogP contribution in [0.25, 0.3) is 0 Å². The smallest absolute Gasteiger partial charge is 0.237 e. The lowest BCUT2D eigenvalue weighted by atomic mass is 9.94. The number of nitrogens with two attached hydrogens (primary N) is 1. The van der Waals surface area contributed by atoms with Gasteiger partial charge in [-0.15, -0.1) is 0 Å². The van der Waals surface area contributed by atoms with Gasteiger partial charge in [0.15, 0.2) is 8.32 Å². The molecule has 0 aliphatic heterocycles. The van der Waals surface area contributed by atoms with Crippen molar-refractivity contribution < 1.29 is 9.22 Å². The van der Waals surface area contributed by atoms with Gasteiger partial charge in [0, 0.05) is 0 Å². The van der Waals surface area contributed by atoms with Gasteiger partial charge in [-0.1, -0.05) is 39.8 Å². The summed E-state index contributed by atoms with van der Waals surface area (Å²) in [5, 5.41) is 3.13. The van der Waals surface area contributed by atoms with Crippen LogP contribution in [0.1, 0.15) is 41.0 Å². The van der Waals surface area contributed by atoms with E-state index in [-0.39, 0.29) is 23.0 Å². The summed E-state index contributed by atoms with van der Waals surface area (Å²) in [6, 6.07) is -0.459. The number of hydrogen-bond acceptors (Lipinski definition) is 3. The van der Waals surface area contributed by atoms with Crippen molar-refractivity contribution in [3.8, 4) is 0 Å². The van der Waals surface area contributed by atoms with Crippen molar-refractivity contribution in [3.05, 3.63) is 12.2 Å². The predicted molar refractivity (Wildman–Crippen MR) is 92.7 cm³/mol. The Bertz CT molecular complexity index is 362. The average molecular weight is 315 g/mol. The van der Waals surface area contributed by atoms with E-state index in [0.717, 1.165) is 6.42 Å². The Hall–Kier alpha value is -0.653. The fourth-order valence-corrected chi connectivity index (χ4v) is 3.39. The van der Waals surface area contributed by atoms with Gasteiger partial charge in [-0.25, -0.2) is 0 Å². The zero-order valence-electron chi connectivity index (χ0n) is 15.0. The van der Waals surface area contributed by atoms with E-state index in [2.05, 4.69) is 52.2 Å². The number of hydrogen-bond donors (Lipinski definition) is 2. The zero-order valence-corrected chi connectivity index (χ0v) is 16.0. The van der Waals surface area contributed by atoms with Crippen LogP contribution < -0.4 is 11.1 Å². The van der Waals surface area contributed by atoms with Crippen LogP contribution in [0.15, 0.2) is 12.2 Å². The van der Waals surface area contributed by atoms with Gasteiger partial charge in [0.1, 0.15) is 6.04 Å². The first-order chi connectivity index (χ1) is 9.47. The lowest BCUT2D eigenvalue weighted by Crippen LogP contribution is -2.56. The van der Waals surface area contributed by atoms with E-state index in [1.807, 2.05) is 13.0 Å². The number of allylic oxidation sites excluding steroid dienone is 2. The van der Waals surface area contributed by atoms with E-state index in [0.29, 0.717) is 0 Å². The summed E-state index contributed by atoms with van der Waals surface area (Å²) in [5.41, 5.74) is 5.56. The molecule has 3 atom stereocenters. The van der Waals surface area contributed by atoms with E-state index in [9.17, 15) is 4.79 Å². The Labute approximate surface area is 131 Å². The molecular weight excluding hydrogens is 280 g/mol. The Morgan fingerprint density at radius 3 is 2.24 bits per heavy atom. The van der Waals surface area contributed by atoms with E-state index in [4.69, 9.17) is 10.2 Å². The second-order valence-corrected chi connectivity index (χ2v) is 12.0. The molecule has 0 fully saturated rings. The third-order valence-corrected chi connectivity index (χ3v) is 8.96. The third kappa shape index (κ3) is 5.92. The number of carbonyl (C=O) groups is 1. The van der Waals surface area contributed by atoms with Gasteiger partial charge < -0.3 is 15.5 Å². The van der Waals surface area contributed by atoms with Crippen molar-refractivity contribution in [3.63, 3.8) is 0 Å². The summed E-state index contributed by atoms with van der Waals surface area (Å²) in [4.78, 5) is 11.8. The van der Waals surface area contributed by atoms with Crippen LogP contribution in [0.4, 0.5) is 0 Å². The van der Waals surface area contributed by atoms with E-state index in [1.54, 1.807) is 7.05 Å². The maximum atomic E-state index is 11.8. The van der Waals surface area contributed by atoms with Gasteiger partial charge in [0.2, 0.25) is 5.91 Å². The Balaban J connectivity index is 5.36. The normalized spacial score (nSPS) is 17.7. The highest BCUT2D eigenvalue weighted by Gasteiger charge is 2.42. The van der Waals surface area contributed by atoms with Crippen LogP contribution in [0.5, 0.6) is 0 Å². The molecule has 4 nitrogen and oxygen atoms in total. The standard InChI is InChI=1S/C16H34N2O2Si/c1-9-10-11-12(2)14(13(18-6)15(17)19)20-21(7,8)16(3,4)5/h9-10,12-14,18H,11H2,1-8H3,(H2,17,19)/b10-9+/t12-,13+,14?/m1/s1. The maximum absolute atomic E-state index is 11.8. The molecule has 0 heterocycles. The van der Waals surface area contributed by atoms with Crippen molar-refractivity contribution in [2.75, 3.05) is 7.05 Å². The highest BCUT2D eigenvalue weighted by atomic mass is 28.4. The summed E-state index contributed by atoms with van der Waals surface area (Å²) >= 11 is 0. The molecule has 0 aromatic heterocycles. The molecular formula is C16H34N2O2Si. The van der Waals surface area contributed by atoms with Crippen LogP contribution in [0.3, 0.4) is 0 Å². The second-order valence-electron chi connectivity index (χ2n) is 7.29. The number of primary amides is 1. The molecule has 0 saturated carbocycles. The first kappa shape index (κ1) is 20.3. The summed E-state index contributed by atoms with van der Waals surface area (Å²) in [6.07, 6.45) is 4.81. The van der Waals surface area contributed by atoms with Crippen molar-refractivity contribution in [2.45, 2.75) is 71.3 Å². The van der Waals surface area contributed by atoms with Gasteiger partial charge in [-0.2, -0.15) is 0 Å². The highest BCUT2D eigenvalue weighted by molar-refractivity contribution is 6.74. The number of carbonyl (C=O) groups excluding carboxylic acids is 1. The summed E-state index contributed by atoms with van der Waals surface area (Å²) in [7, 11) is -0.203. The fraction of sp³-hybridized carbons (Fsp3) is 0.812. The quantitative estimate of drug-likeness (QED) is 0.534. The molecule has 21 heavy (non-hydrogen) atoms. The summed E-state index contributed by atoms with van der Waals surface area (Å²) in [6.45, 7) is 15.1. The van der Waals surface area contributed by atoms with Crippen molar-refractivity contribution >= 4 is 14.2 Å². The molecule has 0 spiro atoms. The molecule has 0 aliphatic carbocycles. The molecule has 0 saturated heterocycles. The largest absolute Gasteiger partial charge is 0.412 e. The minimum Gasteiger partial charge on any atom is -0.412 e. The molecule has 0 radical (unpaired) electrons. The zero-order chi connectivity index (χ0) is 16.8. The molecule has 1 unspecified atom stereocenters. The van der Waals surface area contributed by atoms with Gasteiger partial charge >= 0.3 is 0 Å². The fourth-order valence-electron chi connectivity index (χ4n) is 1.98. The molecule has 0 bridgehead atoms. The molecule has 1 amide bonds. The third-order valence-electron chi connectivity index (χ3n) is 4.49. The number of likely N-dealkylation sites (N-methyl/N-ethyl adjacent to an activating group) is 1. The molecule has 0 aliphatic rings. The molecule has 3 N–H and O–H groups in total. The van der Waals surface area contributed by atoms with Gasteiger partial charge in [-0.3, -0.25) is 4.79 Å². The Kier molecular flexibility index (Phi) is 7.85. The van der Waals surface area contributed by atoms with Crippen LogP contribution in [-0.4, -0.2) is 33.4 Å². The van der Waals surface area contributed by atoms with Crippen LogP contribution >= 0.6 is 0 Å². The SMILES string of the molecule is C/C=C/C[C@@H](C)C(O[Si](C)(C)C(C)(C)C)[C@H](NC)C(N)=O. The van der Waals surface area contributed by atoms with Gasteiger partial charge in [-0.05, 0) is 44.4 Å².